The fraction of sp³-hybridized carbons (Fsp3) is 0.450. The van der Waals surface area contributed by atoms with Gasteiger partial charge in [-0.1, -0.05) is 43.7 Å². The van der Waals surface area contributed by atoms with Crippen molar-refractivity contribution in [2.75, 3.05) is 0 Å². The third kappa shape index (κ3) is 3.58. The van der Waals surface area contributed by atoms with E-state index in [4.69, 9.17) is 16.0 Å². The summed E-state index contributed by atoms with van der Waals surface area (Å²) in [4.78, 5) is 31.0. The zero-order chi connectivity index (χ0) is 18.9. The maximum atomic E-state index is 13.0. The van der Waals surface area contributed by atoms with Crippen molar-refractivity contribution in [1.29, 1.82) is 0 Å². The number of imide groups is 1. The van der Waals surface area contributed by atoms with Gasteiger partial charge in [-0.2, -0.15) is 0 Å². The molecule has 0 unspecified atom stereocenters. The lowest BCUT2D eigenvalue weighted by Crippen LogP contribution is -2.47. The van der Waals surface area contributed by atoms with Gasteiger partial charge in [-0.05, 0) is 37.1 Å². The Morgan fingerprint density at radius 2 is 1.74 bits per heavy atom. The van der Waals surface area contributed by atoms with E-state index in [1.54, 1.807) is 18.3 Å². The molecular weight excluding hydrogens is 366 g/mol. The van der Waals surface area contributed by atoms with Crippen LogP contribution in [0, 0.1) is 0 Å². The van der Waals surface area contributed by atoms with Gasteiger partial charge in [0.25, 0.3) is 5.91 Å². The SMILES string of the molecule is O=C1NC2(CCCCCCC2)C(=O)N1Cc1ncc(-c2ccc(Cl)cc2)o1. The summed E-state index contributed by atoms with van der Waals surface area (Å²) in [6.45, 7) is 0.0417. The highest BCUT2D eigenvalue weighted by Crippen LogP contribution is 2.33. The van der Waals surface area contributed by atoms with Gasteiger partial charge < -0.3 is 9.73 Å². The van der Waals surface area contributed by atoms with E-state index in [1.807, 2.05) is 12.1 Å². The zero-order valence-electron chi connectivity index (χ0n) is 15.0. The number of hydrogen-bond acceptors (Lipinski definition) is 4. The molecule has 142 valence electrons. The Morgan fingerprint density at radius 3 is 2.44 bits per heavy atom. The normalized spacial score (nSPS) is 19.8. The maximum absolute atomic E-state index is 13.0. The number of nitrogens with zero attached hydrogens (tertiary/aromatic N) is 2. The van der Waals surface area contributed by atoms with Crippen LogP contribution in [0.3, 0.4) is 0 Å². The van der Waals surface area contributed by atoms with Crippen LogP contribution in [0.25, 0.3) is 11.3 Å². The molecule has 1 aliphatic heterocycles. The third-order valence-electron chi connectivity index (χ3n) is 5.43. The standard InChI is InChI=1S/C20H22ClN3O3/c21-15-8-6-14(7-9-15)16-12-22-17(27-16)13-24-18(25)20(23-19(24)26)10-4-2-1-3-5-11-20/h6-9,12H,1-5,10-11,13H2,(H,23,26). The molecule has 2 aromatic rings. The number of carbonyl (C=O) groups excluding carboxylic acids is 2. The van der Waals surface area contributed by atoms with Gasteiger partial charge in [0.05, 0.1) is 6.20 Å². The van der Waals surface area contributed by atoms with Gasteiger partial charge in [0.1, 0.15) is 12.1 Å². The average Bonchev–Trinajstić information content (AvgIpc) is 3.18. The second kappa shape index (κ2) is 7.35. The van der Waals surface area contributed by atoms with Crippen LogP contribution in [0.1, 0.15) is 50.8 Å². The van der Waals surface area contributed by atoms with E-state index in [-0.39, 0.29) is 18.5 Å². The molecule has 1 saturated carbocycles. The van der Waals surface area contributed by atoms with Crippen LogP contribution in [-0.4, -0.2) is 27.4 Å². The number of nitrogens with one attached hydrogen (secondary N) is 1. The van der Waals surface area contributed by atoms with Crippen molar-refractivity contribution in [3.05, 3.63) is 41.4 Å². The van der Waals surface area contributed by atoms with Crippen molar-refractivity contribution in [2.24, 2.45) is 0 Å². The molecule has 1 aromatic heterocycles. The van der Waals surface area contributed by atoms with E-state index in [9.17, 15) is 9.59 Å². The molecule has 3 amide bonds. The summed E-state index contributed by atoms with van der Waals surface area (Å²) in [7, 11) is 0. The van der Waals surface area contributed by atoms with E-state index in [2.05, 4.69) is 10.3 Å². The molecule has 1 aromatic carbocycles. The second-order valence-electron chi connectivity index (χ2n) is 7.30. The number of urea groups is 1. The summed E-state index contributed by atoms with van der Waals surface area (Å²) in [6, 6.07) is 6.86. The van der Waals surface area contributed by atoms with E-state index in [0.29, 0.717) is 29.5 Å². The van der Waals surface area contributed by atoms with Gasteiger partial charge in [0.2, 0.25) is 5.89 Å². The summed E-state index contributed by atoms with van der Waals surface area (Å²) in [5, 5.41) is 3.60. The van der Waals surface area contributed by atoms with Crippen molar-refractivity contribution in [3.63, 3.8) is 0 Å². The highest BCUT2D eigenvalue weighted by atomic mass is 35.5. The number of rotatable bonds is 3. The Bertz CT molecular complexity index is 838. The zero-order valence-corrected chi connectivity index (χ0v) is 15.8. The lowest BCUT2D eigenvalue weighted by molar-refractivity contribution is -0.132. The van der Waals surface area contributed by atoms with Crippen molar-refractivity contribution in [3.8, 4) is 11.3 Å². The summed E-state index contributed by atoms with van der Waals surface area (Å²) in [5.74, 6) is 0.765. The smallest absolute Gasteiger partial charge is 0.325 e. The van der Waals surface area contributed by atoms with Crippen molar-refractivity contribution < 1.29 is 14.0 Å². The van der Waals surface area contributed by atoms with E-state index < -0.39 is 5.54 Å². The molecule has 1 aliphatic carbocycles. The predicted molar refractivity (Wildman–Crippen MR) is 101 cm³/mol. The largest absolute Gasteiger partial charge is 0.439 e. The number of carbonyl (C=O) groups is 2. The molecule has 2 heterocycles. The highest BCUT2D eigenvalue weighted by molar-refractivity contribution is 6.30. The summed E-state index contributed by atoms with van der Waals surface area (Å²) in [6.07, 6.45) is 8.34. The van der Waals surface area contributed by atoms with E-state index in [0.717, 1.165) is 31.2 Å². The van der Waals surface area contributed by atoms with Crippen molar-refractivity contribution in [2.45, 2.75) is 57.0 Å². The van der Waals surface area contributed by atoms with Crippen LogP contribution in [0.15, 0.2) is 34.9 Å². The Kier molecular flexibility index (Phi) is 4.91. The molecule has 27 heavy (non-hydrogen) atoms. The molecule has 1 N–H and O–H groups in total. The third-order valence-corrected chi connectivity index (χ3v) is 5.68. The topological polar surface area (TPSA) is 75.4 Å². The molecule has 1 spiro atoms. The van der Waals surface area contributed by atoms with Gasteiger partial charge in [-0.25, -0.2) is 9.78 Å². The molecule has 4 rings (SSSR count). The van der Waals surface area contributed by atoms with Crippen LogP contribution in [0.5, 0.6) is 0 Å². The van der Waals surface area contributed by atoms with Crippen LogP contribution in [0.4, 0.5) is 4.79 Å². The van der Waals surface area contributed by atoms with Crippen molar-refractivity contribution in [1.82, 2.24) is 15.2 Å². The molecule has 2 fully saturated rings. The average molecular weight is 388 g/mol. The summed E-state index contributed by atoms with van der Waals surface area (Å²) < 4.78 is 5.76. The summed E-state index contributed by atoms with van der Waals surface area (Å²) >= 11 is 5.91. The van der Waals surface area contributed by atoms with Crippen LogP contribution < -0.4 is 5.32 Å². The minimum atomic E-state index is -0.747. The molecule has 7 heteroatoms. The molecule has 0 bridgehead atoms. The lowest BCUT2D eigenvalue weighted by atomic mass is 9.84. The number of amides is 3. The summed E-state index contributed by atoms with van der Waals surface area (Å²) in [5.41, 5.74) is 0.0927. The van der Waals surface area contributed by atoms with Crippen molar-refractivity contribution >= 4 is 23.5 Å². The van der Waals surface area contributed by atoms with Gasteiger partial charge >= 0.3 is 6.03 Å². The van der Waals surface area contributed by atoms with Crippen LogP contribution in [0.2, 0.25) is 5.02 Å². The molecule has 2 aliphatic rings. The Labute approximate surface area is 162 Å². The first-order valence-corrected chi connectivity index (χ1v) is 9.80. The fourth-order valence-electron chi connectivity index (χ4n) is 3.93. The van der Waals surface area contributed by atoms with E-state index in [1.165, 1.54) is 11.3 Å². The predicted octanol–water partition coefficient (Wildman–Crippen LogP) is 4.53. The van der Waals surface area contributed by atoms with Crippen LogP contribution in [-0.2, 0) is 11.3 Å². The molecule has 0 radical (unpaired) electrons. The number of halogens is 1. The number of benzene rings is 1. The maximum Gasteiger partial charge on any atom is 0.325 e. The van der Waals surface area contributed by atoms with Gasteiger partial charge in [0, 0.05) is 10.6 Å². The van der Waals surface area contributed by atoms with Gasteiger partial charge in [-0.15, -0.1) is 0 Å². The van der Waals surface area contributed by atoms with E-state index >= 15 is 0 Å². The molecular formula is C20H22ClN3O3. The number of oxazole rings is 1. The van der Waals surface area contributed by atoms with Crippen LogP contribution >= 0.6 is 11.6 Å². The lowest BCUT2D eigenvalue weighted by Gasteiger charge is -2.28. The molecule has 1 saturated heterocycles. The number of aromatic nitrogens is 1. The molecule has 0 atom stereocenters. The monoisotopic (exact) mass is 387 g/mol. The quantitative estimate of drug-likeness (QED) is 0.785. The Morgan fingerprint density at radius 1 is 1.07 bits per heavy atom. The Hall–Kier alpha value is -2.34. The first-order chi connectivity index (χ1) is 13.1. The number of hydrogen-bond donors (Lipinski definition) is 1. The highest BCUT2D eigenvalue weighted by Gasteiger charge is 2.50. The van der Waals surface area contributed by atoms with Gasteiger partial charge in [-0.3, -0.25) is 9.69 Å². The first kappa shape index (κ1) is 18.0. The van der Waals surface area contributed by atoms with Gasteiger partial charge in [0.15, 0.2) is 5.76 Å². The second-order valence-corrected chi connectivity index (χ2v) is 7.73. The first-order valence-electron chi connectivity index (χ1n) is 9.42. The minimum absolute atomic E-state index is 0.0417. The Balaban J connectivity index is 1.50. The minimum Gasteiger partial charge on any atom is -0.439 e. The molecule has 6 nitrogen and oxygen atoms in total. The fourth-order valence-corrected chi connectivity index (χ4v) is 4.06.